The smallest absolute Gasteiger partial charge is 0.407 e. The minimum atomic E-state index is -0.527. The number of nitrogens with one attached hydrogen (secondary N) is 1. The first kappa shape index (κ1) is 19.0. The number of carbonyl (C=O) groups excluding carboxylic acids is 1. The number of benzene rings is 1. The van der Waals surface area contributed by atoms with Gasteiger partial charge in [-0.1, -0.05) is 30.3 Å². The van der Waals surface area contributed by atoms with Gasteiger partial charge in [0.25, 0.3) is 0 Å². The number of aromatic nitrogens is 2. The van der Waals surface area contributed by atoms with E-state index in [1.165, 1.54) is 5.56 Å². The lowest BCUT2D eigenvalue weighted by Crippen LogP contribution is -2.36. The number of ether oxygens (including phenoxy) is 1. The number of hydrogen-bond acceptors (Lipinski definition) is 4. The van der Waals surface area contributed by atoms with Gasteiger partial charge in [-0.05, 0) is 40.2 Å². The van der Waals surface area contributed by atoms with Crippen LogP contribution in [0.2, 0.25) is 0 Å². The molecule has 1 aromatic carbocycles. The number of nitrogens with two attached hydrogens (primary N) is 1. The second-order valence-corrected chi connectivity index (χ2v) is 7.22. The summed E-state index contributed by atoms with van der Waals surface area (Å²) >= 11 is 0. The number of nitrogens with zero attached hydrogens (tertiary/aromatic N) is 2. The zero-order valence-corrected chi connectivity index (χ0v) is 15.7. The summed E-state index contributed by atoms with van der Waals surface area (Å²) in [5.74, 6) is 0. The normalized spacial score (nSPS) is 12.7. The first-order valence-electron chi connectivity index (χ1n) is 8.47. The summed E-state index contributed by atoms with van der Waals surface area (Å²) in [5.41, 5.74) is 9.81. The van der Waals surface area contributed by atoms with E-state index >= 15 is 0 Å². The summed E-state index contributed by atoms with van der Waals surface area (Å²) in [5, 5.41) is 7.33. The molecule has 1 unspecified atom stereocenters. The van der Waals surface area contributed by atoms with E-state index in [0.29, 0.717) is 13.1 Å². The summed E-state index contributed by atoms with van der Waals surface area (Å²) in [6, 6.07) is 9.82. The second-order valence-electron chi connectivity index (χ2n) is 7.22. The molecule has 1 amide bonds. The van der Waals surface area contributed by atoms with Crippen molar-refractivity contribution in [1.82, 2.24) is 15.1 Å². The topological polar surface area (TPSA) is 82.2 Å². The van der Waals surface area contributed by atoms with Crippen LogP contribution in [0, 0.1) is 13.8 Å². The Balaban J connectivity index is 2.05. The van der Waals surface area contributed by atoms with E-state index in [1.54, 1.807) is 0 Å². The fourth-order valence-corrected chi connectivity index (χ4v) is 2.77. The Morgan fingerprint density at radius 3 is 2.52 bits per heavy atom. The number of amides is 1. The van der Waals surface area contributed by atoms with Gasteiger partial charge in [-0.15, -0.1) is 0 Å². The van der Waals surface area contributed by atoms with Crippen molar-refractivity contribution in [3.63, 3.8) is 0 Å². The van der Waals surface area contributed by atoms with Crippen molar-refractivity contribution >= 4 is 6.09 Å². The Kier molecular flexibility index (Phi) is 5.85. The van der Waals surface area contributed by atoms with E-state index < -0.39 is 11.7 Å². The highest BCUT2D eigenvalue weighted by atomic mass is 16.6. The second kappa shape index (κ2) is 7.70. The van der Waals surface area contributed by atoms with Crippen molar-refractivity contribution in [2.45, 2.75) is 52.8 Å². The van der Waals surface area contributed by atoms with E-state index in [9.17, 15) is 4.79 Å². The van der Waals surface area contributed by atoms with Crippen molar-refractivity contribution in [3.05, 3.63) is 52.8 Å². The molecule has 0 bridgehead atoms. The molecule has 0 aliphatic carbocycles. The van der Waals surface area contributed by atoms with E-state index in [4.69, 9.17) is 10.5 Å². The number of alkyl carbamates (subject to hydrolysis) is 1. The fourth-order valence-electron chi connectivity index (χ4n) is 2.77. The SMILES string of the molecule is Cc1nn(Cc2ccccc2)c(C)c1C(N)CNC(=O)OC(C)(C)C. The molecule has 0 saturated carbocycles. The largest absolute Gasteiger partial charge is 0.444 e. The van der Waals surface area contributed by atoms with E-state index in [-0.39, 0.29) is 6.04 Å². The van der Waals surface area contributed by atoms with Crippen LogP contribution < -0.4 is 11.1 Å². The Labute approximate surface area is 149 Å². The summed E-state index contributed by atoms with van der Waals surface area (Å²) in [6.45, 7) is 10.4. The standard InChI is InChI=1S/C19H28N4O2/c1-13-17(16(20)11-21-18(24)25-19(3,4)5)14(2)23(22-13)12-15-9-7-6-8-10-15/h6-10,16H,11-12,20H2,1-5H3,(H,21,24). The fraction of sp³-hybridized carbons (Fsp3) is 0.474. The summed E-state index contributed by atoms with van der Waals surface area (Å²) in [7, 11) is 0. The molecule has 0 aliphatic rings. The van der Waals surface area contributed by atoms with Crippen molar-refractivity contribution in [3.8, 4) is 0 Å². The van der Waals surface area contributed by atoms with Gasteiger partial charge in [-0.3, -0.25) is 4.68 Å². The van der Waals surface area contributed by atoms with Gasteiger partial charge in [0.1, 0.15) is 5.60 Å². The lowest BCUT2D eigenvalue weighted by molar-refractivity contribution is 0.0524. The molecule has 1 aromatic heterocycles. The molecule has 0 fully saturated rings. The predicted octanol–water partition coefficient (Wildman–Crippen LogP) is 3.07. The molecule has 25 heavy (non-hydrogen) atoms. The van der Waals surface area contributed by atoms with Crippen LogP contribution in [-0.4, -0.2) is 28.0 Å². The van der Waals surface area contributed by atoms with Gasteiger partial charge in [-0.25, -0.2) is 4.79 Å². The molecule has 6 heteroatoms. The van der Waals surface area contributed by atoms with Gasteiger partial charge >= 0.3 is 6.09 Å². The molecule has 0 spiro atoms. The molecule has 136 valence electrons. The molecule has 0 radical (unpaired) electrons. The van der Waals surface area contributed by atoms with Gasteiger partial charge in [0.2, 0.25) is 0 Å². The number of aryl methyl sites for hydroxylation is 1. The molecule has 2 aromatic rings. The molecule has 0 aliphatic heterocycles. The molecular weight excluding hydrogens is 316 g/mol. The van der Waals surface area contributed by atoms with Crippen LogP contribution in [0.1, 0.15) is 49.3 Å². The Hall–Kier alpha value is -2.34. The van der Waals surface area contributed by atoms with Gasteiger partial charge < -0.3 is 15.8 Å². The highest BCUT2D eigenvalue weighted by molar-refractivity contribution is 5.67. The first-order valence-corrected chi connectivity index (χ1v) is 8.47. The maximum absolute atomic E-state index is 11.8. The monoisotopic (exact) mass is 344 g/mol. The molecular formula is C19H28N4O2. The maximum atomic E-state index is 11.8. The van der Waals surface area contributed by atoms with Gasteiger partial charge in [0, 0.05) is 17.8 Å². The minimum Gasteiger partial charge on any atom is -0.444 e. The van der Waals surface area contributed by atoms with Crippen molar-refractivity contribution < 1.29 is 9.53 Å². The van der Waals surface area contributed by atoms with Gasteiger partial charge in [0.05, 0.1) is 18.3 Å². The zero-order chi connectivity index (χ0) is 18.6. The first-order chi connectivity index (χ1) is 11.7. The highest BCUT2D eigenvalue weighted by Gasteiger charge is 2.21. The van der Waals surface area contributed by atoms with Crippen LogP contribution in [0.5, 0.6) is 0 Å². The zero-order valence-electron chi connectivity index (χ0n) is 15.7. The molecule has 6 nitrogen and oxygen atoms in total. The quantitative estimate of drug-likeness (QED) is 0.873. The van der Waals surface area contributed by atoms with E-state index in [0.717, 1.165) is 17.0 Å². The van der Waals surface area contributed by atoms with Crippen LogP contribution in [0.3, 0.4) is 0 Å². The third-order valence-corrected chi connectivity index (χ3v) is 3.85. The average Bonchev–Trinajstić information content (AvgIpc) is 2.78. The average molecular weight is 344 g/mol. The summed E-state index contributed by atoms with van der Waals surface area (Å²) in [6.07, 6.45) is -0.463. The van der Waals surface area contributed by atoms with Crippen LogP contribution in [0.4, 0.5) is 4.79 Å². The Bertz CT molecular complexity index is 717. The van der Waals surface area contributed by atoms with E-state index in [2.05, 4.69) is 22.5 Å². The number of rotatable bonds is 5. The molecule has 1 atom stereocenters. The lowest BCUT2D eigenvalue weighted by Gasteiger charge is -2.21. The number of hydrogen-bond donors (Lipinski definition) is 2. The molecule has 2 rings (SSSR count). The van der Waals surface area contributed by atoms with E-state index in [1.807, 2.05) is 57.5 Å². The summed E-state index contributed by atoms with van der Waals surface area (Å²) in [4.78, 5) is 11.8. The van der Waals surface area contributed by atoms with Crippen molar-refractivity contribution in [2.24, 2.45) is 5.73 Å². The van der Waals surface area contributed by atoms with Crippen LogP contribution in [-0.2, 0) is 11.3 Å². The van der Waals surface area contributed by atoms with Crippen molar-refractivity contribution in [2.75, 3.05) is 6.54 Å². The third kappa shape index (κ3) is 5.32. The Morgan fingerprint density at radius 2 is 1.92 bits per heavy atom. The van der Waals surface area contributed by atoms with Crippen molar-refractivity contribution in [1.29, 1.82) is 0 Å². The Morgan fingerprint density at radius 1 is 1.28 bits per heavy atom. The molecule has 1 heterocycles. The van der Waals surface area contributed by atoms with Crippen LogP contribution >= 0.6 is 0 Å². The van der Waals surface area contributed by atoms with Crippen LogP contribution in [0.15, 0.2) is 30.3 Å². The van der Waals surface area contributed by atoms with Gasteiger partial charge in [-0.2, -0.15) is 5.10 Å². The predicted molar refractivity (Wildman–Crippen MR) is 98.4 cm³/mol. The molecule has 0 saturated heterocycles. The van der Waals surface area contributed by atoms with Gasteiger partial charge in [0.15, 0.2) is 0 Å². The maximum Gasteiger partial charge on any atom is 0.407 e. The molecule has 3 N–H and O–H groups in total. The third-order valence-electron chi connectivity index (χ3n) is 3.85. The lowest BCUT2D eigenvalue weighted by atomic mass is 10.1. The van der Waals surface area contributed by atoms with Crippen LogP contribution in [0.25, 0.3) is 0 Å². The summed E-state index contributed by atoms with van der Waals surface area (Å²) < 4.78 is 7.19. The minimum absolute atomic E-state index is 0.299. The highest BCUT2D eigenvalue weighted by Crippen LogP contribution is 2.20. The number of carbonyl (C=O) groups is 1.